The number of aryl methyl sites for hydroxylation is 1. The Balaban J connectivity index is 2.20. The molecule has 3 rings (SSSR count). The lowest BCUT2D eigenvalue weighted by Crippen LogP contribution is -2.01. The number of ether oxygens (including phenoxy) is 1. The quantitative estimate of drug-likeness (QED) is 0.916. The van der Waals surface area contributed by atoms with E-state index in [1.807, 2.05) is 13.1 Å². The highest BCUT2D eigenvalue weighted by Gasteiger charge is 2.20. The summed E-state index contributed by atoms with van der Waals surface area (Å²) in [6, 6.07) is 4.18. The van der Waals surface area contributed by atoms with Gasteiger partial charge in [0.25, 0.3) is 0 Å². The van der Waals surface area contributed by atoms with Crippen LogP contribution in [0.2, 0.25) is 0 Å². The van der Waals surface area contributed by atoms with Crippen molar-refractivity contribution < 1.29 is 4.74 Å². The topological polar surface area (TPSA) is 66.0 Å². The summed E-state index contributed by atoms with van der Waals surface area (Å²) < 4.78 is 8.12. The Kier molecular flexibility index (Phi) is 2.83. The third-order valence-corrected chi connectivity index (χ3v) is 3.67. The number of benzene rings is 1. The predicted molar refractivity (Wildman–Crippen MR) is 71.2 cm³/mol. The maximum absolute atomic E-state index is 5.79. The summed E-state index contributed by atoms with van der Waals surface area (Å²) in [5.41, 5.74) is 10.1. The molecule has 1 aromatic carbocycles. The smallest absolute Gasteiger partial charge is 0.156 e. The van der Waals surface area contributed by atoms with Crippen molar-refractivity contribution in [3.63, 3.8) is 0 Å². The molecule has 0 bridgehead atoms. The van der Waals surface area contributed by atoms with Crippen LogP contribution in [-0.4, -0.2) is 21.6 Å². The number of hydrogen-bond donors (Lipinski definition) is 1. The lowest BCUT2D eigenvalue weighted by Gasteiger charge is -2.10. The molecule has 0 amide bonds. The predicted octanol–water partition coefficient (Wildman–Crippen LogP) is 1.64. The summed E-state index contributed by atoms with van der Waals surface area (Å²) in [5.74, 6) is 0.951. The molecule has 2 heterocycles. The van der Waals surface area contributed by atoms with Crippen LogP contribution in [0, 0.1) is 0 Å². The van der Waals surface area contributed by atoms with Crippen LogP contribution in [0.25, 0.3) is 11.3 Å². The number of nitrogens with two attached hydrogens (primary N) is 1. The maximum Gasteiger partial charge on any atom is 0.156 e. The zero-order chi connectivity index (χ0) is 12.7. The van der Waals surface area contributed by atoms with E-state index in [1.54, 1.807) is 4.68 Å². The molecule has 0 spiro atoms. The Morgan fingerprint density at radius 3 is 3.00 bits per heavy atom. The zero-order valence-electron chi connectivity index (χ0n) is 9.98. The Hall–Kier alpha value is -1.40. The molecule has 0 saturated carbocycles. The number of halogens is 1. The fourth-order valence-corrected chi connectivity index (χ4v) is 2.87. The van der Waals surface area contributed by atoms with Crippen molar-refractivity contribution in [1.82, 2.24) is 15.0 Å². The summed E-state index contributed by atoms with van der Waals surface area (Å²) in [4.78, 5) is 0. The normalized spacial score (nSPS) is 13.5. The van der Waals surface area contributed by atoms with Gasteiger partial charge in [0.05, 0.1) is 6.61 Å². The number of rotatable bonds is 2. The lowest BCUT2D eigenvalue weighted by molar-refractivity contribution is 0.353. The maximum atomic E-state index is 5.79. The molecule has 6 heteroatoms. The number of aromatic nitrogens is 3. The molecule has 18 heavy (non-hydrogen) atoms. The molecule has 2 N–H and O–H groups in total. The zero-order valence-corrected chi connectivity index (χ0v) is 11.6. The van der Waals surface area contributed by atoms with Gasteiger partial charge in [-0.25, -0.2) is 4.68 Å². The summed E-state index contributed by atoms with van der Waals surface area (Å²) in [6.45, 7) is 1.20. The standard InChI is InChI=1S/C12H13BrN4O/c1-17-10(12(13)15-16-17)8-4-7-2-3-18-11(7)9(5-8)6-14/h4-5H,2-3,6,14H2,1H3. The second kappa shape index (κ2) is 4.37. The van der Waals surface area contributed by atoms with Gasteiger partial charge in [0.1, 0.15) is 11.4 Å². The average molecular weight is 309 g/mol. The van der Waals surface area contributed by atoms with Crippen LogP contribution in [0.3, 0.4) is 0 Å². The molecule has 0 fully saturated rings. The fraction of sp³-hybridized carbons (Fsp3) is 0.333. The van der Waals surface area contributed by atoms with E-state index in [0.717, 1.165) is 40.2 Å². The van der Waals surface area contributed by atoms with Crippen molar-refractivity contribution in [3.05, 3.63) is 27.9 Å². The van der Waals surface area contributed by atoms with Crippen molar-refractivity contribution in [2.45, 2.75) is 13.0 Å². The first-order chi connectivity index (χ1) is 8.70. The molecule has 1 aromatic heterocycles. The van der Waals surface area contributed by atoms with Gasteiger partial charge >= 0.3 is 0 Å². The molecular weight excluding hydrogens is 296 g/mol. The van der Waals surface area contributed by atoms with E-state index in [4.69, 9.17) is 10.5 Å². The molecule has 0 radical (unpaired) electrons. The molecule has 0 atom stereocenters. The summed E-state index contributed by atoms with van der Waals surface area (Å²) in [6.07, 6.45) is 0.930. The van der Waals surface area contributed by atoms with E-state index in [-0.39, 0.29) is 0 Å². The van der Waals surface area contributed by atoms with Crippen LogP contribution in [0.15, 0.2) is 16.7 Å². The van der Waals surface area contributed by atoms with Gasteiger partial charge < -0.3 is 10.5 Å². The molecule has 1 aliphatic heterocycles. The molecule has 1 aliphatic rings. The highest BCUT2D eigenvalue weighted by Crippen LogP contribution is 2.35. The van der Waals surface area contributed by atoms with E-state index >= 15 is 0 Å². The van der Waals surface area contributed by atoms with Gasteiger partial charge in [-0.2, -0.15) is 0 Å². The monoisotopic (exact) mass is 308 g/mol. The van der Waals surface area contributed by atoms with Crippen LogP contribution in [0.4, 0.5) is 0 Å². The molecular formula is C12H13BrN4O. The largest absolute Gasteiger partial charge is 0.493 e. The van der Waals surface area contributed by atoms with E-state index in [9.17, 15) is 0 Å². The summed E-state index contributed by atoms with van der Waals surface area (Å²) >= 11 is 3.42. The Morgan fingerprint density at radius 1 is 1.50 bits per heavy atom. The minimum atomic E-state index is 0.471. The van der Waals surface area contributed by atoms with Crippen LogP contribution in [-0.2, 0) is 20.0 Å². The molecule has 2 aromatic rings. The first kappa shape index (κ1) is 11.7. The van der Waals surface area contributed by atoms with Crippen molar-refractivity contribution in [2.24, 2.45) is 12.8 Å². The van der Waals surface area contributed by atoms with Gasteiger partial charge in [-0.3, -0.25) is 0 Å². The van der Waals surface area contributed by atoms with Crippen molar-refractivity contribution in [1.29, 1.82) is 0 Å². The SMILES string of the molecule is Cn1nnc(Br)c1-c1cc(CN)c2c(c1)CCO2. The molecule has 0 saturated heterocycles. The highest BCUT2D eigenvalue weighted by atomic mass is 79.9. The van der Waals surface area contributed by atoms with Gasteiger partial charge in [0.2, 0.25) is 0 Å². The average Bonchev–Trinajstić information content (AvgIpc) is 2.95. The number of hydrogen-bond acceptors (Lipinski definition) is 4. The van der Waals surface area contributed by atoms with E-state index in [0.29, 0.717) is 6.54 Å². The molecule has 0 aliphatic carbocycles. The first-order valence-electron chi connectivity index (χ1n) is 5.75. The first-order valence-corrected chi connectivity index (χ1v) is 6.54. The number of nitrogens with zero attached hydrogens (tertiary/aromatic N) is 3. The van der Waals surface area contributed by atoms with Crippen LogP contribution >= 0.6 is 15.9 Å². The van der Waals surface area contributed by atoms with Crippen molar-refractivity contribution in [2.75, 3.05) is 6.61 Å². The molecule has 0 unspecified atom stereocenters. The van der Waals surface area contributed by atoms with Crippen LogP contribution in [0.1, 0.15) is 11.1 Å². The molecule has 5 nitrogen and oxygen atoms in total. The minimum Gasteiger partial charge on any atom is -0.493 e. The van der Waals surface area contributed by atoms with Crippen LogP contribution < -0.4 is 10.5 Å². The third-order valence-electron chi connectivity index (χ3n) is 3.14. The lowest BCUT2D eigenvalue weighted by atomic mass is 10.0. The number of fused-ring (bicyclic) bond motifs is 1. The third kappa shape index (κ3) is 1.72. The van der Waals surface area contributed by atoms with Gasteiger partial charge in [-0.1, -0.05) is 5.21 Å². The van der Waals surface area contributed by atoms with Gasteiger partial charge in [-0.05, 0) is 33.6 Å². The van der Waals surface area contributed by atoms with E-state index in [1.165, 1.54) is 5.56 Å². The Morgan fingerprint density at radius 2 is 2.33 bits per heavy atom. The van der Waals surface area contributed by atoms with E-state index < -0.39 is 0 Å². The second-order valence-corrected chi connectivity index (χ2v) is 5.03. The van der Waals surface area contributed by atoms with Gasteiger partial charge in [-0.15, -0.1) is 5.10 Å². The Bertz CT molecular complexity index is 589. The minimum absolute atomic E-state index is 0.471. The van der Waals surface area contributed by atoms with Gasteiger partial charge in [0, 0.05) is 31.1 Å². The van der Waals surface area contributed by atoms with Gasteiger partial charge in [0.15, 0.2) is 4.60 Å². The summed E-state index contributed by atoms with van der Waals surface area (Å²) in [5, 5.41) is 8.01. The fourth-order valence-electron chi connectivity index (χ4n) is 2.31. The van der Waals surface area contributed by atoms with Crippen molar-refractivity contribution in [3.8, 4) is 17.0 Å². The second-order valence-electron chi connectivity index (χ2n) is 4.28. The Labute approximate surface area is 113 Å². The van der Waals surface area contributed by atoms with Crippen LogP contribution in [0.5, 0.6) is 5.75 Å². The van der Waals surface area contributed by atoms with E-state index in [2.05, 4.69) is 32.3 Å². The van der Waals surface area contributed by atoms with Crippen molar-refractivity contribution >= 4 is 15.9 Å². The highest BCUT2D eigenvalue weighted by molar-refractivity contribution is 9.10. The summed E-state index contributed by atoms with van der Waals surface area (Å²) in [7, 11) is 1.87. The molecule has 94 valence electrons.